The lowest BCUT2D eigenvalue weighted by Gasteiger charge is -2.25. The van der Waals surface area contributed by atoms with E-state index in [4.69, 9.17) is 4.74 Å². The Bertz CT molecular complexity index is 348. The molecule has 2 N–H and O–H groups in total. The number of benzene rings is 1. The van der Waals surface area contributed by atoms with Gasteiger partial charge in [0.15, 0.2) is 11.5 Å². The molecule has 3 nitrogen and oxygen atoms in total. The van der Waals surface area contributed by atoms with E-state index < -0.39 is 0 Å². The van der Waals surface area contributed by atoms with Gasteiger partial charge in [0.05, 0.1) is 7.11 Å². The minimum atomic E-state index is 0.0789. The molecule has 0 unspecified atom stereocenters. The fourth-order valence-corrected chi connectivity index (χ4v) is 1.33. The molecular weight excluding hydrogens is 202 g/mol. The molecule has 90 valence electrons. The Balaban J connectivity index is 2.75. The smallest absolute Gasteiger partial charge is 0.162 e. The van der Waals surface area contributed by atoms with E-state index in [0.29, 0.717) is 12.3 Å². The lowest BCUT2D eigenvalue weighted by Crippen LogP contribution is -2.37. The molecule has 0 aliphatic carbocycles. The predicted molar refractivity (Wildman–Crippen MR) is 65.9 cm³/mol. The number of nitrogens with one attached hydrogen (secondary N) is 1. The Morgan fingerprint density at radius 1 is 1.38 bits per heavy atom. The molecule has 1 rings (SSSR count). The topological polar surface area (TPSA) is 41.5 Å². The molecule has 1 aromatic rings. The van der Waals surface area contributed by atoms with Gasteiger partial charge in [-0.05, 0) is 26.3 Å². The molecule has 0 amide bonds. The van der Waals surface area contributed by atoms with Crippen LogP contribution in [0.25, 0.3) is 0 Å². The zero-order chi connectivity index (χ0) is 12.2. The van der Waals surface area contributed by atoms with Crippen LogP contribution in [0, 0.1) is 0 Å². The highest BCUT2D eigenvalue weighted by Gasteiger charge is 2.15. The zero-order valence-electron chi connectivity index (χ0n) is 10.5. The van der Waals surface area contributed by atoms with Gasteiger partial charge in [-0.2, -0.15) is 0 Å². The summed E-state index contributed by atoms with van der Waals surface area (Å²) in [5.41, 5.74) is 0.941. The molecule has 0 spiro atoms. The quantitative estimate of drug-likeness (QED) is 0.806. The van der Waals surface area contributed by atoms with Crippen LogP contribution in [-0.2, 0) is 6.54 Å². The van der Waals surface area contributed by atoms with Gasteiger partial charge >= 0.3 is 0 Å². The summed E-state index contributed by atoms with van der Waals surface area (Å²) in [6.07, 6.45) is 1.04. The first-order chi connectivity index (χ1) is 7.50. The van der Waals surface area contributed by atoms with Gasteiger partial charge in [-0.15, -0.1) is 0 Å². The lowest BCUT2D eigenvalue weighted by molar-refractivity contribution is 0.354. The van der Waals surface area contributed by atoms with Gasteiger partial charge in [-0.3, -0.25) is 0 Å². The maximum Gasteiger partial charge on any atom is 0.162 e. The van der Waals surface area contributed by atoms with E-state index in [-0.39, 0.29) is 11.3 Å². The van der Waals surface area contributed by atoms with Crippen LogP contribution in [-0.4, -0.2) is 17.8 Å². The van der Waals surface area contributed by atoms with Gasteiger partial charge in [0.25, 0.3) is 0 Å². The summed E-state index contributed by atoms with van der Waals surface area (Å²) in [5.74, 6) is 0.748. The molecule has 0 radical (unpaired) electrons. The van der Waals surface area contributed by atoms with Gasteiger partial charge in [0.1, 0.15) is 0 Å². The number of methoxy groups -OCH3 is 1. The number of rotatable bonds is 5. The number of ether oxygens (including phenoxy) is 1. The Labute approximate surface area is 97.4 Å². The molecule has 0 saturated heterocycles. The number of phenols is 1. The van der Waals surface area contributed by atoms with Crippen LogP contribution in [0.4, 0.5) is 0 Å². The van der Waals surface area contributed by atoms with Crippen LogP contribution in [0.3, 0.4) is 0 Å². The lowest BCUT2D eigenvalue weighted by atomic mass is 10.0. The summed E-state index contributed by atoms with van der Waals surface area (Å²) in [5, 5.41) is 13.3. The number of phenolic OH excluding ortho intramolecular Hbond substituents is 1. The van der Waals surface area contributed by atoms with E-state index in [1.807, 2.05) is 12.1 Å². The molecule has 0 bridgehead atoms. The monoisotopic (exact) mass is 223 g/mol. The van der Waals surface area contributed by atoms with Gasteiger partial charge in [0.2, 0.25) is 0 Å². The minimum Gasteiger partial charge on any atom is -0.504 e. The van der Waals surface area contributed by atoms with Gasteiger partial charge < -0.3 is 15.2 Å². The summed E-state index contributed by atoms with van der Waals surface area (Å²) in [7, 11) is 1.56. The number of para-hydroxylation sites is 1. The normalized spacial score (nSPS) is 11.5. The highest BCUT2D eigenvalue weighted by Crippen LogP contribution is 2.29. The van der Waals surface area contributed by atoms with E-state index in [2.05, 4.69) is 26.1 Å². The van der Waals surface area contributed by atoms with E-state index in [9.17, 15) is 5.11 Å². The third kappa shape index (κ3) is 3.14. The van der Waals surface area contributed by atoms with Crippen LogP contribution in [0.2, 0.25) is 0 Å². The van der Waals surface area contributed by atoms with E-state index in [0.717, 1.165) is 12.0 Å². The minimum absolute atomic E-state index is 0.0789. The molecule has 0 aliphatic heterocycles. The van der Waals surface area contributed by atoms with E-state index in [1.54, 1.807) is 13.2 Å². The van der Waals surface area contributed by atoms with Crippen molar-refractivity contribution in [2.75, 3.05) is 7.11 Å². The van der Waals surface area contributed by atoms with Crippen LogP contribution in [0.15, 0.2) is 18.2 Å². The molecule has 0 fully saturated rings. The second kappa shape index (κ2) is 5.21. The molecule has 0 heterocycles. The Morgan fingerprint density at radius 3 is 2.62 bits per heavy atom. The highest BCUT2D eigenvalue weighted by atomic mass is 16.5. The molecule has 1 aromatic carbocycles. The molecule has 3 heteroatoms. The summed E-state index contributed by atoms with van der Waals surface area (Å²) >= 11 is 0. The third-order valence-electron chi connectivity index (χ3n) is 2.94. The van der Waals surface area contributed by atoms with Crippen molar-refractivity contribution in [3.63, 3.8) is 0 Å². The van der Waals surface area contributed by atoms with Crippen molar-refractivity contribution in [1.29, 1.82) is 0 Å². The summed E-state index contributed by atoms with van der Waals surface area (Å²) in [6.45, 7) is 7.07. The van der Waals surface area contributed by atoms with Crippen molar-refractivity contribution in [2.45, 2.75) is 39.3 Å². The first kappa shape index (κ1) is 12.8. The molecular formula is C13H21NO2. The van der Waals surface area contributed by atoms with Gasteiger partial charge in [-0.25, -0.2) is 0 Å². The van der Waals surface area contributed by atoms with Crippen LogP contribution < -0.4 is 10.1 Å². The second-order valence-electron chi connectivity index (χ2n) is 4.56. The molecule has 0 aromatic heterocycles. The molecule has 16 heavy (non-hydrogen) atoms. The van der Waals surface area contributed by atoms with Gasteiger partial charge in [-0.1, -0.05) is 19.1 Å². The van der Waals surface area contributed by atoms with Crippen molar-refractivity contribution in [2.24, 2.45) is 0 Å². The number of aromatic hydroxyl groups is 1. The summed E-state index contributed by atoms with van der Waals surface area (Å²) < 4.78 is 5.07. The van der Waals surface area contributed by atoms with Crippen molar-refractivity contribution in [3.05, 3.63) is 23.8 Å². The first-order valence-corrected chi connectivity index (χ1v) is 5.60. The number of hydrogen-bond acceptors (Lipinski definition) is 3. The maximum absolute atomic E-state index is 9.89. The standard InChI is InChI=1S/C13H21NO2/c1-5-13(2,3)14-9-10-7-6-8-11(16-4)12(10)15/h6-8,14-15H,5,9H2,1-4H3. The Hall–Kier alpha value is -1.22. The predicted octanol–water partition coefficient (Wildman–Crippen LogP) is 2.68. The second-order valence-corrected chi connectivity index (χ2v) is 4.56. The van der Waals surface area contributed by atoms with E-state index in [1.165, 1.54) is 0 Å². The van der Waals surface area contributed by atoms with Gasteiger partial charge in [0, 0.05) is 17.6 Å². The van der Waals surface area contributed by atoms with Crippen molar-refractivity contribution < 1.29 is 9.84 Å². The maximum atomic E-state index is 9.89. The van der Waals surface area contributed by atoms with E-state index >= 15 is 0 Å². The molecule has 0 saturated carbocycles. The van der Waals surface area contributed by atoms with Crippen molar-refractivity contribution >= 4 is 0 Å². The summed E-state index contributed by atoms with van der Waals surface area (Å²) in [6, 6.07) is 5.54. The van der Waals surface area contributed by atoms with Crippen molar-refractivity contribution in [3.8, 4) is 11.5 Å². The molecule has 0 atom stereocenters. The average Bonchev–Trinajstić information content (AvgIpc) is 2.28. The van der Waals surface area contributed by atoms with Crippen LogP contribution >= 0.6 is 0 Å². The Kier molecular flexibility index (Phi) is 4.19. The SMILES string of the molecule is CCC(C)(C)NCc1cccc(OC)c1O. The Morgan fingerprint density at radius 2 is 2.06 bits per heavy atom. The zero-order valence-corrected chi connectivity index (χ0v) is 10.5. The first-order valence-electron chi connectivity index (χ1n) is 5.60. The third-order valence-corrected chi connectivity index (χ3v) is 2.94. The fraction of sp³-hybridized carbons (Fsp3) is 0.538. The summed E-state index contributed by atoms with van der Waals surface area (Å²) in [4.78, 5) is 0. The van der Waals surface area contributed by atoms with Crippen molar-refractivity contribution in [1.82, 2.24) is 5.32 Å². The van der Waals surface area contributed by atoms with Crippen LogP contribution in [0.1, 0.15) is 32.8 Å². The molecule has 0 aliphatic rings. The van der Waals surface area contributed by atoms with Crippen LogP contribution in [0.5, 0.6) is 11.5 Å². The number of hydrogen-bond donors (Lipinski definition) is 2. The average molecular weight is 223 g/mol. The largest absolute Gasteiger partial charge is 0.504 e. The fourth-order valence-electron chi connectivity index (χ4n) is 1.33. The highest BCUT2D eigenvalue weighted by molar-refractivity contribution is 5.45.